The number of fused-ring (bicyclic) bond motifs is 1. The van der Waals surface area contributed by atoms with Crippen LogP contribution in [0.3, 0.4) is 0 Å². The summed E-state index contributed by atoms with van der Waals surface area (Å²) in [7, 11) is 1.67. The van der Waals surface area contributed by atoms with Gasteiger partial charge < -0.3 is 14.5 Å². The average Bonchev–Trinajstić information content (AvgIpc) is 3.14. The number of methoxy groups -OCH3 is 1. The number of carbonyl (C=O) groups is 1. The molecule has 0 saturated carbocycles. The van der Waals surface area contributed by atoms with E-state index in [1.807, 2.05) is 39.9 Å². The van der Waals surface area contributed by atoms with Gasteiger partial charge in [-0.15, -0.1) is 0 Å². The number of nitrogens with zero attached hydrogens (tertiary/aromatic N) is 4. The number of ether oxygens (including phenoxy) is 1. The molecule has 2 aromatic carbocycles. The summed E-state index contributed by atoms with van der Waals surface area (Å²) in [6, 6.07) is 13.7. The van der Waals surface area contributed by atoms with Crippen LogP contribution < -0.4 is 9.64 Å². The van der Waals surface area contributed by atoms with Gasteiger partial charge >= 0.3 is 0 Å². The molecule has 0 N–H and O–H groups in total. The van der Waals surface area contributed by atoms with Crippen LogP contribution in [0.25, 0.3) is 10.9 Å². The second-order valence-corrected chi connectivity index (χ2v) is 7.32. The Morgan fingerprint density at radius 1 is 1.11 bits per heavy atom. The number of anilines is 1. The molecule has 1 aliphatic heterocycles. The van der Waals surface area contributed by atoms with E-state index in [-0.39, 0.29) is 5.91 Å². The lowest BCUT2D eigenvalue weighted by molar-refractivity contribution is -0.131. The highest BCUT2D eigenvalue weighted by Gasteiger charge is 2.21. The monoisotopic (exact) mass is 398 g/mol. The predicted molar refractivity (Wildman–Crippen MR) is 111 cm³/mol. The van der Waals surface area contributed by atoms with E-state index in [9.17, 15) is 4.79 Å². The maximum absolute atomic E-state index is 12.6. The van der Waals surface area contributed by atoms with Crippen molar-refractivity contribution in [2.24, 2.45) is 0 Å². The molecule has 6 nitrogen and oxygen atoms in total. The minimum Gasteiger partial charge on any atom is -0.497 e. The lowest BCUT2D eigenvalue weighted by Gasteiger charge is -2.36. The Kier molecular flexibility index (Phi) is 5.39. The van der Waals surface area contributed by atoms with Crippen molar-refractivity contribution in [3.63, 3.8) is 0 Å². The first-order valence-corrected chi connectivity index (χ1v) is 9.80. The molecule has 1 saturated heterocycles. The minimum atomic E-state index is 0.173. The molecule has 0 bridgehead atoms. The van der Waals surface area contributed by atoms with Gasteiger partial charge in [0.25, 0.3) is 0 Å². The van der Waals surface area contributed by atoms with Crippen LogP contribution in [0.4, 0.5) is 5.69 Å². The van der Waals surface area contributed by atoms with Crippen LogP contribution in [-0.2, 0) is 11.3 Å². The Hall–Kier alpha value is -2.73. The van der Waals surface area contributed by atoms with Crippen LogP contribution in [0.15, 0.2) is 48.7 Å². The molecule has 0 unspecified atom stereocenters. The van der Waals surface area contributed by atoms with E-state index in [0.29, 0.717) is 18.0 Å². The van der Waals surface area contributed by atoms with Crippen molar-refractivity contribution in [2.75, 3.05) is 38.2 Å². The third kappa shape index (κ3) is 3.92. The van der Waals surface area contributed by atoms with Gasteiger partial charge in [0.2, 0.25) is 5.91 Å². The quantitative estimate of drug-likeness (QED) is 0.660. The van der Waals surface area contributed by atoms with E-state index in [2.05, 4.69) is 22.1 Å². The summed E-state index contributed by atoms with van der Waals surface area (Å²) in [6.07, 6.45) is 2.24. The third-order valence-corrected chi connectivity index (χ3v) is 5.45. The normalized spacial score (nSPS) is 14.5. The van der Waals surface area contributed by atoms with Crippen molar-refractivity contribution >= 4 is 34.1 Å². The van der Waals surface area contributed by atoms with Gasteiger partial charge in [0.15, 0.2) is 0 Å². The van der Waals surface area contributed by atoms with E-state index in [1.54, 1.807) is 13.3 Å². The summed E-state index contributed by atoms with van der Waals surface area (Å²) < 4.78 is 7.08. The summed E-state index contributed by atoms with van der Waals surface area (Å²) in [6.45, 7) is 3.71. The lowest BCUT2D eigenvalue weighted by atomic mass is 10.2. The van der Waals surface area contributed by atoms with E-state index >= 15 is 0 Å². The van der Waals surface area contributed by atoms with Crippen molar-refractivity contribution in [1.29, 1.82) is 0 Å². The molecule has 3 aromatic rings. The average molecular weight is 399 g/mol. The maximum Gasteiger partial charge on any atom is 0.224 e. The molecule has 2 heterocycles. The van der Waals surface area contributed by atoms with Gasteiger partial charge in [-0.25, -0.2) is 0 Å². The lowest BCUT2D eigenvalue weighted by Crippen LogP contribution is -2.49. The first kappa shape index (κ1) is 18.6. The number of aryl methyl sites for hydroxylation is 1. The standard InChI is InChI=1S/C21H23ClN4O2/c1-28-19-5-3-18(4-6-19)24-10-12-25(13-11-24)21(27)8-9-26-20-7-2-17(22)14-16(20)15-23-26/h2-7,14-15H,8-13H2,1H3. The fraction of sp³-hybridized carbons (Fsp3) is 0.333. The van der Waals surface area contributed by atoms with Crippen molar-refractivity contribution in [3.8, 4) is 5.75 Å². The zero-order chi connectivity index (χ0) is 19.5. The fourth-order valence-corrected chi connectivity index (χ4v) is 3.78. The van der Waals surface area contributed by atoms with Crippen molar-refractivity contribution in [3.05, 3.63) is 53.7 Å². The first-order chi connectivity index (χ1) is 13.6. The van der Waals surface area contributed by atoms with Crippen LogP contribution in [0, 0.1) is 0 Å². The highest BCUT2D eigenvalue weighted by molar-refractivity contribution is 6.31. The summed E-state index contributed by atoms with van der Waals surface area (Å²) in [5.41, 5.74) is 2.16. The Morgan fingerprint density at radius 2 is 1.86 bits per heavy atom. The summed E-state index contributed by atoms with van der Waals surface area (Å²) in [5, 5.41) is 6.07. The fourth-order valence-electron chi connectivity index (χ4n) is 3.60. The molecular formula is C21H23ClN4O2. The number of benzene rings is 2. The van der Waals surface area contributed by atoms with E-state index in [4.69, 9.17) is 16.3 Å². The van der Waals surface area contributed by atoms with E-state index < -0.39 is 0 Å². The molecule has 146 valence electrons. The Morgan fingerprint density at radius 3 is 2.57 bits per heavy atom. The number of halogens is 1. The highest BCUT2D eigenvalue weighted by atomic mass is 35.5. The van der Waals surface area contributed by atoms with Crippen LogP contribution in [-0.4, -0.2) is 53.9 Å². The van der Waals surface area contributed by atoms with Gasteiger partial charge in [-0.3, -0.25) is 9.48 Å². The zero-order valence-corrected chi connectivity index (χ0v) is 16.6. The number of aromatic nitrogens is 2. The van der Waals surface area contributed by atoms with Crippen molar-refractivity contribution in [2.45, 2.75) is 13.0 Å². The first-order valence-electron chi connectivity index (χ1n) is 9.42. The molecular weight excluding hydrogens is 376 g/mol. The molecule has 4 rings (SSSR count). The molecule has 1 aromatic heterocycles. The summed E-state index contributed by atoms with van der Waals surface area (Å²) in [5.74, 6) is 1.03. The van der Waals surface area contributed by atoms with Gasteiger partial charge in [0.1, 0.15) is 5.75 Å². The van der Waals surface area contributed by atoms with Crippen molar-refractivity contribution in [1.82, 2.24) is 14.7 Å². The Bertz CT molecular complexity index is 962. The minimum absolute atomic E-state index is 0.173. The van der Waals surface area contributed by atoms with E-state index in [0.717, 1.165) is 48.5 Å². The predicted octanol–water partition coefficient (Wildman–Crippen LogP) is 3.44. The van der Waals surface area contributed by atoms with Crippen molar-refractivity contribution < 1.29 is 9.53 Å². The second kappa shape index (κ2) is 8.10. The number of piperazine rings is 1. The molecule has 1 fully saturated rings. The summed E-state index contributed by atoms with van der Waals surface area (Å²) >= 11 is 6.02. The molecule has 7 heteroatoms. The second-order valence-electron chi connectivity index (χ2n) is 6.89. The van der Waals surface area contributed by atoms with Crippen LogP contribution >= 0.6 is 11.6 Å². The van der Waals surface area contributed by atoms with Crippen LogP contribution in [0.2, 0.25) is 5.02 Å². The number of rotatable bonds is 5. The van der Waals surface area contributed by atoms with Gasteiger partial charge in [-0.1, -0.05) is 11.6 Å². The SMILES string of the molecule is COc1ccc(N2CCN(C(=O)CCn3ncc4cc(Cl)ccc43)CC2)cc1. The van der Waals surface area contributed by atoms with Gasteiger partial charge in [-0.2, -0.15) is 5.10 Å². The summed E-state index contributed by atoms with van der Waals surface area (Å²) in [4.78, 5) is 16.9. The third-order valence-electron chi connectivity index (χ3n) is 5.21. The topological polar surface area (TPSA) is 50.6 Å². The number of hydrogen-bond donors (Lipinski definition) is 0. The van der Waals surface area contributed by atoms with E-state index in [1.165, 1.54) is 0 Å². The van der Waals surface area contributed by atoms with Gasteiger partial charge in [0, 0.05) is 48.7 Å². The molecule has 0 atom stereocenters. The molecule has 0 radical (unpaired) electrons. The molecule has 1 aliphatic rings. The van der Waals surface area contributed by atoms with Gasteiger partial charge in [0.05, 0.1) is 25.4 Å². The largest absolute Gasteiger partial charge is 0.497 e. The Labute approximate surface area is 169 Å². The zero-order valence-electron chi connectivity index (χ0n) is 15.8. The number of amides is 1. The number of carbonyl (C=O) groups excluding carboxylic acids is 1. The molecule has 0 aliphatic carbocycles. The number of hydrogen-bond acceptors (Lipinski definition) is 4. The van der Waals surface area contributed by atoms with Crippen LogP contribution in [0.5, 0.6) is 5.75 Å². The molecule has 0 spiro atoms. The Balaban J connectivity index is 1.31. The molecule has 28 heavy (non-hydrogen) atoms. The highest BCUT2D eigenvalue weighted by Crippen LogP contribution is 2.21. The maximum atomic E-state index is 12.6. The smallest absolute Gasteiger partial charge is 0.224 e. The van der Waals surface area contributed by atoms with Crippen LogP contribution in [0.1, 0.15) is 6.42 Å². The molecule has 1 amide bonds. The van der Waals surface area contributed by atoms with Gasteiger partial charge in [-0.05, 0) is 42.5 Å².